The highest BCUT2D eigenvalue weighted by Crippen LogP contribution is 2.40. The Balaban J connectivity index is 2.41. The van der Waals surface area contributed by atoms with Gasteiger partial charge in [-0.3, -0.25) is 0 Å². The van der Waals surface area contributed by atoms with E-state index in [1.807, 2.05) is 0 Å². The van der Waals surface area contributed by atoms with Crippen molar-refractivity contribution in [3.05, 3.63) is 11.6 Å². The topological polar surface area (TPSA) is 12.5 Å². The Kier molecular flexibility index (Phi) is 3.77. The first-order valence-corrected chi connectivity index (χ1v) is 5.88. The SMILES string of the molecule is CC/C=C(\CC)C(C)CC1OC1(C)C. The zero-order valence-electron chi connectivity index (χ0n) is 10.3. The van der Waals surface area contributed by atoms with Crippen molar-refractivity contribution in [3.63, 3.8) is 0 Å². The number of hydrogen-bond acceptors (Lipinski definition) is 1. The molecule has 0 aliphatic carbocycles. The van der Waals surface area contributed by atoms with E-state index >= 15 is 0 Å². The molecule has 0 bridgehead atoms. The van der Waals surface area contributed by atoms with Crippen molar-refractivity contribution >= 4 is 0 Å². The second-order valence-corrected chi connectivity index (χ2v) is 4.89. The second-order valence-electron chi connectivity index (χ2n) is 4.89. The maximum absolute atomic E-state index is 5.62. The van der Waals surface area contributed by atoms with E-state index in [0.29, 0.717) is 12.0 Å². The van der Waals surface area contributed by atoms with Gasteiger partial charge in [-0.1, -0.05) is 32.4 Å². The molecule has 1 aliphatic heterocycles. The average Bonchev–Trinajstić information content (AvgIpc) is 2.69. The standard InChI is InChI=1S/C13H24O/c1-6-8-11(7-2)10(3)9-12-13(4,5)14-12/h8,10,12H,6-7,9H2,1-5H3/b11-8+. The van der Waals surface area contributed by atoms with Crippen molar-refractivity contribution in [2.24, 2.45) is 5.92 Å². The van der Waals surface area contributed by atoms with Crippen LogP contribution in [0.25, 0.3) is 0 Å². The van der Waals surface area contributed by atoms with Crippen LogP contribution >= 0.6 is 0 Å². The molecule has 0 aromatic rings. The Labute approximate surface area is 88.5 Å². The highest BCUT2D eigenvalue weighted by molar-refractivity contribution is 5.08. The molecule has 0 spiro atoms. The van der Waals surface area contributed by atoms with Crippen molar-refractivity contribution < 1.29 is 4.74 Å². The summed E-state index contributed by atoms with van der Waals surface area (Å²) in [5, 5.41) is 0. The molecule has 2 atom stereocenters. The van der Waals surface area contributed by atoms with E-state index in [1.165, 1.54) is 12.8 Å². The van der Waals surface area contributed by atoms with E-state index in [1.54, 1.807) is 5.57 Å². The molecule has 1 aliphatic rings. The summed E-state index contributed by atoms with van der Waals surface area (Å²) < 4.78 is 5.62. The van der Waals surface area contributed by atoms with Crippen LogP contribution in [0.3, 0.4) is 0 Å². The largest absolute Gasteiger partial charge is 0.367 e. The average molecular weight is 196 g/mol. The van der Waals surface area contributed by atoms with Crippen LogP contribution in [-0.4, -0.2) is 11.7 Å². The fraction of sp³-hybridized carbons (Fsp3) is 0.846. The number of epoxide rings is 1. The van der Waals surface area contributed by atoms with Crippen molar-refractivity contribution in [3.8, 4) is 0 Å². The number of hydrogen-bond donors (Lipinski definition) is 0. The molecular formula is C13H24O. The Bertz CT molecular complexity index is 215. The van der Waals surface area contributed by atoms with E-state index in [9.17, 15) is 0 Å². The first-order chi connectivity index (χ1) is 6.51. The van der Waals surface area contributed by atoms with Crippen molar-refractivity contribution in [1.82, 2.24) is 0 Å². The number of ether oxygens (including phenoxy) is 1. The monoisotopic (exact) mass is 196 g/mol. The zero-order chi connectivity index (χ0) is 10.8. The van der Waals surface area contributed by atoms with Gasteiger partial charge in [-0.25, -0.2) is 0 Å². The van der Waals surface area contributed by atoms with Gasteiger partial charge in [-0.05, 0) is 39.0 Å². The highest BCUT2D eigenvalue weighted by atomic mass is 16.6. The quantitative estimate of drug-likeness (QED) is 0.479. The molecule has 1 heteroatoms. The van der Waals surface area contributed by atoms with Crippen LogP contribution < -0.4 is 0 Å². The van der Waals surface area contributed by atoms with E-state index < -0.39 is 0 Å². The van der Waals surface area contributed by atoms with Gasteiger partial charge in [0.2, 0.25) is 0 Å². The molecule has 0 amide bonds. The van der Waals surface area contributed by atoms with Gasteiger partial charge in [-0.15, -0.1) is 0 Å². The summed E-state index contributed by atoms with van der Waals surface area (Å²) >= 11 is 0. The summed E-state index contributed by atoms with van der Waals surface area (Å²) in [5.74, 6) is 0.687. The van der Waals surface area contributed by atoms with Gasteiger partial charge in [0.05, 0.1) is 11.7 Å². The zero-order valence-corrected chi connectivity index (χ0v) is 10.3. The third-order valence-electron chi connectivity index (χ3n) is 3.24. The van der Waals surface area contributed by atoms with E-state index in [0.717, 1.165) is 6.42 Å². The molecule has 0 aromatic carbocycles. The molecule has 14 heavy (non-hydrogen) atoms. The molecule has 0 saturated carbocycles. The third kappa shape index (κ3) is 2.84. The van der Waals surface area contributed by atoms with Crippen LogP contribution in [0.2, 0.25) is 0 Å². The second kappa shape index (κ2) is 4.48. The molecule has 0 N–H and O–H groups in total. The van der Waals surface area contributed by atoms with Gasteiger partial charge in [0.25, 0.3) is 0 Å². The van der Waals surface area contributed by atoms with E-state index in [4.69, 9.17) is 4.74 Å². The fourth-order valence-electron chi connectivity index (χ4n) is 2.09. The Morgan fingerprint density at radius 2 is 2.00 bits per heavy atom. The maximum atomic E-state index is 5.62. The van der Waals surface area contributed by atoms with Crippen molar-refractivity contribution in [1.29, 1.82) is 0 Å². The molecule has 1 heterocycles. The lowest BCUT2D eigenvalue weighted by Crippen LogP contribution is -2.09. The lowest BCUT2D eigenvalue weighted by atomic mass is 9.91. The lowest BCUT2D eigenvalue weighted by molar-refractivity contribution is 0.313. The lowest BCUT2D eigenvalue weighted by Gasteiger charge is -2.13. The first-order valence-electron chi connectivity index (χ1n) is 5.88. The van der Waals surface area contributed by atoms with Gasteiger partial charge >= 0.3 is 0 Å². The van der Waals surface area contributed by atoms with Gasteiger partial charge < -0.3 is 4.74 Å². The molecule has 82 valence electrons. The molecule has 1 nitrogen and oxygen atoms in total. The molecular weight excluding hydrogens is 172 g/mol. The maximum Gasteiger partial charge on any atom is 0.0892 e. The number of rotatable bonds is 5. The summed E-state index contributed by atoms with van der Waals surface area (Å²) in [6.07, 6.45) is 6.39. The molecule has 2 unspecified atom stereocenters. The normalized spacial score (nSPS) is 27.5. The minimum atomic E-state index is 0.152. The van der Waals surface area contributed by atoms with Gasteiger partial charge in [-0.2, -0.15) is 0 Å². The summed E-state index contributed by atoms with van der Waals surface area (Å²) in [6.45, 7) is 11.1. The van der Waals surface area contributed by atoms with Crippen LogP contribution in [0.1, 0.15) is 53.9 Å². The molecule has 1 fully saturated rings. The Hall–Kier alpha value is -0.300. The van der Waals surface area contributed by atoms with Gasteiger partial charge in [0, 0.05) is 0 Å². The summed E-state index contributed by atoms with van der Waals surface area (Å²) in [4.78, 5) is 0. The smallest absolute Gasteiger partial charge is 0.0892 e. The minimum Gasteiger partial charge on any atom is -0.367 e. The van der Waals surface area contributed by atoms with Gasteiger partial charge in [0.15, 0.2) is 0 Å². The van der Waals surface area contributed by atoms with Crippen molar-refractivity contribution in [2.75, 3.05) is 0 Å². The van der Waals surface area contributed by atoms with Crippen LogP contribution in [0.4, 0.5) is 0 Å². The molecule has 0 radical (unpaired) electrons. The van der Waals surface area contributed by atoms with E-state index in [-0.39, 0.29) is 5.60 Å². The Morgan fingerprint density at radius 1 is 1.43 bits per heavy atom. The van der Waals surface area contributed by atoms with Crippen LogP contribution in [0.15, 0.2) is 11.6 Å². The van der Waals surface area contributed by atoms with Crippen LogP contribution in [0.5, 0.6) is 0 Å². The van der Waals surface area contributed by atoms with Crippen LogP contribution in [-0.2, 0) is 4.74 Å². The number of allylic oxidation sites excluding steroid dienone is 2. The third-order valence-corrected chi connectivity index (χ3v) is 3.24. The molecule has 0 aromatic heterocycles. The molecule has 1 saturated heterocycles. The van der Waals surface area contributed by atoms with Crippen LogP contribution in [0, 0.1) is 5.92 Å². The molecule has 1 rings (SSSR count). The van der Waals surface area contributed by atoms with Crippen molar-refractivity contribution in [2.45, 2.75) is 65.6 Å². The predicted octanol–water partition coefficient (Wildman–Crippen LogP) is 3.94. The Morgan fingerprint density at radius 3 is 2.36 bits per heavy atom. The highest BCUT2D eigenvalue weighted by Gasteiger charge is 2.47. The fourth-order valence-corrected chi connectivity index (χ4v) is 2.09. The summed E-state index contributed by atoms with van der Waals surface area (Å²) in [6, 6.07) is 0. The summed E-state index contributed by atoms with van der Waals surface area (Å²) in [5.41, 5.74) is 1.75. The predicted molar refractivity (Wildman–Crippen MR) is 61.4 cm³/mol. The van der Waals surface area contributed by atoms with Gasteiger partial charge in [0.1, 0.15) is 0 Å². The minimum absolute atomic E-state index is 0.152. The van der Waals surface area contributed by atoms with E-state index in [2.05, 4.69) is 40.7 Å². The first kappa shape index (κ1) is 11.8. The summed E-state index contributed by atoms with van der Waals surface area (Å²) in [7, 11) is 0.